The summed E-state index contributed by atoms with van der Waals surface area (Å²) in [6.07, 6.45) is 2.23. The number of hydrogen-bond acceptors (Lipinski definition) is 7. The van der Waals surface area contributed by atoms with E-state index in [4.69, 9.17) is 30.8 Å². The maximum atomic E-state index is 13.2. The number of thiazole rings is 1. The molecule has 1 saturated heterocycles. The van der Waals surface area contributed by atoms with Crippen LogP contribution in [0.1, 0.15) is 12.0 Å². The van der Waals surface area contributed by atoms with E-state index in [1.807, 2.05) is 19.1 Å². The number of fused-ring (bicyclic) bond motifs is 1. The molecule has 156 valence electrons. The molecular weight excluding hydrogens is 414 g/mol. The Morgan fingerprint density at radius 3 is 2.86 bits per heavy atom. The number of nitrogens with zero attached hydrogens (tertiary/aromatic N) is 3. The molecular formula is C20H24ClN3O4S. The number of ether oxygens (including phenoxy) is 3. The zero-order valence-electron chi connectivity index (χ0n) is 16.4. The summed E-state index contributed by atoms with van der Waals surface area (Å²) in [5, 5.41) is 1.31. The largest absolute Gasteiger partial charge is 0.494 e. The molecule has 0 radical (unpaired) electrons. The van der Waals surface area contributed by atoms with E-state index in [0.29, 0.717) is 29.9 Å². The average molecular weight is 438 g/mol. The lowest BCUT2D eigenvalue weighted by Crippen LogP contribution is -2.40. The number of morpholine rings is 1. The Bertz CT molecular complexity index is 911. The van der Waals surface area contributed by atoms with Gasteiger partial charge in [0.2, 0.25) is 5.76 Å². The van der Waals surface area contributed by atoms with Crippen LogP contribution in [0.25, 0.3) is 10.2 Å². The zero-order valence-corrected chi connectivity index (χ0v) is 17.9. The summed E-state index contributed by atoms with van der Waals surface area (Å²) in [4.78, 5) is 22.0. The summed E-state index contributed by atoms with van der Waals surface area (Å²) in [5.41, 5.74) is 1.86. The maximum absolute atomic E-state index is 13.2. The van der Waals surface area contributed by atoms with Crippen molar-refractivity contribution in [2.24, 2.45) is 0 Å². The van der Waals surface area contributed by atoms with Crippen molar-refractivity contribution in [2.75, 3.05) is 57.5 Å². The lowest BCUT2D eigenvalue weighted by Gasteiger charge is -2.28. The van der Waals surface area contributed by atoms with Crippen LogP contribution in [0.2, 0.25) is 5.02 Å². The van der Waals surface area contributed by atoms with Crippen LogP contribution >= 0.6 is 22.9 Å². The van der Waals surface area contributed by atoms with Gasteiger partial charge in [0.25, 0.3) is 5.91 Å². The van der Waals surface area contributed by atoms with Gasteiger partial charge in [-0.1, -0.05) is 22.9 Å². The highest BCUT2D eigenvalue weighted by atomic mass is 35.5. The van der Waals surface area contributed by atoms with Crippen molar-refractivity contribution in [3.05, 3.63) is 34.7 Å². The Labute approximate surface area is 178 Å². The van der Waals surface area contributed by atoms with Gasteiger partial charge in [-0.25, -0.2) is 4.98 Å². The Balaban J connectivity index is 1.56. The van der Waals surface area contributed by atoms with E-state index in [0.717, 1.165) is 55.0 Å². The minimum absolute atomic E-state index is 0.219. The van der Waals surface area contributed by atoms with Crippen LogP contribution in [-0.4, -0.2) is 68.4 Å². The van der Waals surface area contributed by atoms with Crippen molar-refractivity contribution in [1.82, 2.24) is 9.88 Å². The monoisotopic (exact) mass is 437 g/mol. The first kappa shape index (κ1) is 20.4. The SMILES string of the molecule is Cc1cc(Cl)cc2sc(N(CCCN3CCOCC3)C(=O)C3=COCCO3)nc12. The summed E-state index contributed by atoms with van der Waals surface area (Å²) >= 11 is 7.67. The fourth-order valence-electron chi connectivity index (χ4n) is 3.43. The highest BCUT2D eigenvalue weighted by Crippen LogP contribution is 2.33. The smallest absolute Gasteiger partial charge is 0.298 e. The molecule has 0 aliphatic carbocycles. The normalized spacial score (nSPS) is 17.5. The Hall–Kier alpha value is -1.87. The molecule has 1 fully saturated rings. The summed E-state index contributed by atoms with van der Waals surface area (Å²) in [7, 11) is 0. The van der Waals surface area contributed by atoms with Crippen molar-refractivity contribution in [3.63, 3.8) is 0 Å². The number of amides is 1. The molecule has 0 N–H and O–H groups in total. The minimum atomic E-state index is -0.227. The Morgan fingerprint density at radius 2 is 2.10 bits per heavy atom. The van der Waals surface area contributed by atoms with Crippen LogP contribution in [0.4, 0.5) is 5.13 Å². The summed E-state index contributed by atoms with van der Waals surface area (Å²) < 4.78 is 17.2. The van der Waals surface area contributed by atoms with E-state index < -0.39 is 0 Å². The number of rotatable bonds is 6. The lowest BCUT2D eigenvalue weighted by atomic mass is 10.2. The van der Waals surface area contributed by atoms with Gasteiger partial charge in [0.1, 0.15) is 19.5 Å². The maximum Gasteiger partial charge on any atom is 0.298 e. The molecule has 29 heavy (non-hydrogen) atoms. The predicted octanol–water partition coefficient (Wildman–Crippen LogP) is 3.20. The molecule has 1 aromatic heterocycles. The molecule has 0 atom stereocenters. The van der Waals surface area contributed by atoms with Gasteiger partial charge in [-0.3, -0.25) is 14.6 Å². The number of benzene rings is 1. The van der Waals surface area contributed by atoms with Crippen molar-refractivity contribution in [2.45, 2.75) is 13.3 Å². The second kappa shape index (κ2) is 9.30. The topological polar surface area (TPSA) is 64.1 Å². The third-order valence-electron chi connectivity index (χ3n) is 4.93. The molecule has 0 bridgehead atoms. The number of carbonyl (C=O) groups excluding carboxylic acids is 1. The molecule has 2 aromatic rings. The van der Waals surface area contributed by atoms with E-state index in [9.17, 15) is 4.79 Å². The highest BCUT2D eigenvalue weighted by Gasteiger charge is 2.26. The number of aryl methyl sites for hydroxylation is 1. The van der Waals surface area contributed by atoms with E-state index in [-0.39, 0.29) is 11.7 Å². The number of halogens is 1. The van der Waals surface area contributed by atoms with E-state index in [2.05, 4.69) is 4.90 Å². The second-order valence-electron chi connectivity index (χ2n) is 7.03. The van der Waals surface area contributed by atoms with Crippen LogP contribution in [0.3, 0.4) is 0 Å². The molecule has 9 heteroatoms. The van der Waals surface area contributed by atoms with Gasteiger partial charge in [-0.05, 0) is 31.0 Å². The van der Waals surface area contributed by atoms with Crippen molar-refractivity contribution in [3.8, 4) is 0 Å². The van der Waals surface area contributed by atoms with Gasteiger partial charge in [0, 0.05) is 31.2 Å². The zero-order chi connectivity index (χ0) is 20.2. The van der Waals surface area contributed by atoms with Crippen LogP contribution in [0, 0.1) is 6.92 Å². The molecule has 2 aliphatic rings. The summed E-state index contributed by atoms with van der Waals surface area (Å²) in [5.74, 6) is -0.00823. The number of hydrogen-bond donors (Lipinski definition) is 0. The van der Waals surface area contributed by atoms with Crippen LogP contribution in [0.15, 0.2) is 24.2 Å². The average Bonchev–Trinajstić information content (AvgIpc) is 3.16. The van der Waals surface area contributed by atoms with Crippen molar-refractivity contribution in [1.29, 1.82) is 0 Å². The number of aromatic nitrogens is 1. The first-order valence-corrected chi connectivity index (χ1v) is 10.9. The van der Waals surface area contributed by atoms with Gasteiger partial charge in [0.05, 0.1) is 23.4 Å². The second-order valence-corrected chi connectivity index (χ2v) is 8.48. The quantitative estimate of drug-likeness (QED) is 0.691. The van der Waals surface area contributed by atoms with Crippen molar-refractivity contribution >= 4 is 44.2 Å². The van der Waals surface area contributed by atoms with Crippen LogP contribution in [0.5, 0.6) is 0 Å². The first-order chi connectivity index (χ1) is 14.1. The molecule has 3 heterocycles. The Morgan fingerprint density at radius 1 is 1.28 bits per heavy atom. The molecule has 2 aliphatic heterocycles. The standard InChI is InChI=1S/C20H24ClN3O4S/c1-14-11-15(21)12-17-18(14)22-20(29-17)24(19(25)16-13-27-9-10-28-16)4-2-3-23-5-7-26-8-6-23/h11-13H,2-10H2,1H3. The molecule has 4 rings (SSSR count). The predicted molar refractivity (Wildman–Crippen MR) is 114 cm³/mol. The number of anilines is 1. The minimum Gasteiger partial charge on any atom is -0.494 e. The molecule has 0 unspecified atom stereocenters. The first-order valence-electron chi connectivity index (χ1n) is 9.75. The van der Waals surface area contributed by atoms with Crippen LogP contribution in [-0.2, 0) is 19.0 Å². The van der Waals surface area contributed by atoms with Gasteiger partial charge >= 0.3 is 0 Å². The molecule has 7 nitrogen and oxygen atoms in total. The molecule has 0 saturated carbocycles. The fraction of sp³-hybridized carbons (Fsp3) is 0.500. The third-order valence-corrected chi connectivity index (χ3v) is 6.18. The van der Waals surface area contributed by atoms with Crippen LogP contribution < -0.4 is 4.90 Å². The third kappa shape index (κ3) is 4.83. The molecule has 1 amide bonds. The van der Waals surface area contributed by atoms with Crippen molar-refractivity contribution < 1.29 is 19.0 Å². The van der Waals surface area contributed by atoms with Gasteiger partial charge in [-0.15, -0.1) is 0 Å². The Kier molecular flexibility index (Phi) is 6.54. The van der Waals surface area contributed by atoms with E-state index >= 15 is 0 Å². The van der Waals surface area contributed by atoms with Gasteiger partial charge in [-0.2, -0.15) is 0 Å². The molecule has 1 aromatic carbocycles. The highest BCUT2D eigenvalue weighted by molar-refractivity contribution is 7.22. The summed E-state index contributed by atoms with van der Waals surface area (Å²) in [6.45, 7) is 7.62. The number of carbonyl (C=O) groups is 1. The van der Waals surface area contributed by atoms with E-state index in [1.54, 1.807) is 4.90 Å². The molecule has 0 spiro atoms. The van der Waals surface area contributed by atoms with E-state index in [1.165, 1.54) is 17.6 Å². The van der Waals surface area contributed by atoms with Gasteiger partial charge in [0.15, 0.2) is 5.13 Å². The lowest BCUT2D eigenvalue weighted by molar-refractivity contribution is -0.119. The van der Waals surface area contributed by atoms with Gasteiger partial charge < -0.3 is 14.2 Å². The summed E-state index contributed by atoms with van der Waals surface area (Å²) in [6, 6.07) is 3.78. The fourth-order valence-corrected chi connectivity index (χ4v) is 4.88.